The van der Waals surface area contributed by atoms with Crippen molar-refractivity contribution in [2.75, 3.05) is 32.7 Å². The summed E-state index contributed by atoms with van der Waals surface area (Å²) in [4.78, 5) is 18.9. The Balaban J connectivity index is 1.61. The van der Waals surface area contributed by atoms with Crippen LogP contribution in [0.5, 0.6) is 5.75 Å². The fourth-order valence-electron chi connectivity index (χ4n) is 3.96. The van der Waals surface area contributed by atoms with Crippen molar-refractivity contribution in [1.82, 2.24) is 15.5 Å². The van der Waals surface area contributed by atoms with Crippen molar-refractivity contribution >= 4 is 11.9 Å². The van der Waals surface area contributed by atoms with Crippen LogP contribution in [0.4, 0.5) is 0 Å². The Morgan fingerprint density at radius 3 is 2.85 bits per heavy atom. The molecule has 2 fully saturated rings. The number of nitrogens with zero attached hydrogens (tertiary/aromatic N) is 2. The van der Waals surface area contributed by atoms with E-state index in [0.717, 1.165) is 50.7 Å². The molecule has 0 aromatic heterocycles. The van der Waals surface area contributed by atoms with Gasteiger partial charge in [-0.1, -0.05) is 17.7 Å². The van der Waals surface area contributed by atoms with Crippen molar-refractivity contribution in [3.05, 3.63) is 29.8 Å². The second kappa shape index (κ2) is 8.63. The highest BCUT2D eigenvalue weighted by atomic mass is 16.5. The third-order valence-corrected chi connectivity index (χ3v) is 5.35. The summed E-state index contributed by atoms with van der Waals surface area (Å²) in [7, 11) is 0. The van der Waals surface area contributed by atoms with Gasteiger partial charge in [0.15, 0.2) is 5.96 Å². The molecule has 0 aliphatic carbocycles. The summed E-state index contributed by atoms with van der Waals surface area (Å²) in [5, 5.41) is 6.42. The van der Waals surface area contributed by atoms with Crippen molar-refractivity contribution in [2.45, 2.75) is 46.1 Å². The number of likely N-dealkylation sites (tertiary alicyclic amines) is 1. The minimum Gasteiger partial charge on any atom is -0.489 e. The zero-order chi connectivity index (χ0) is 19.3. The molecule has 2 heterocycles. The van der Waals surface area contributed by atoms with E-state index in [-0.39, 0.29) is 17.4 Å². The lowest BCUT2D eigenvalue weighted by Crippen LogP contribution is -2.51. The number of carbonyl (C=O) groups is 1. The molecule has 2 saturated heterocycles. The highest BCUT2D eigenvalue weighted by Crippen LogP contribution is 2.36. The molecule has 1 spiro atoms. The van der Waals surface area contributed by atoms with Crippen molar-refractivity contribution in [1.29, 1.82) is 0 Å². The number of piperidine rings is 1. The predicted molar refractivity (Wildman–Crippen MR) is 108 cm³/mol. The lowest BCUT2D eigenvalue weighted by Gasteiger charge is -2.40. The van der Waals surface area contributed by atoms with E-state index in [1.807, 2.05) is 19.1 Å². The maximum absolute atomic E-state index is 11.7. The molecule has 6 heteroatoms. The minimum absolute atomic E-state index is 0.00478. The number of aryl methyl sites for hydroxylation is 1. The maximum Gasteiger partial charge on any atom is 0.220 e. The normalized spacial score (nSPS) is 24.0. The summed E-state index contributed by atoms with van der Waals surface area (Å²) >= 11 is 0. The Bertz CT molecular complexity index is 673. The average Bonchev–Trinajstić information content (AvgIpc) is 3.00. The van der Waals surface area contributed by atoms with Crippen LogP contribution in [0.15, 0.2) is 29.3 Å². The Morgan fingerprint density at radius 1 is 1.41 bits per heavy atom. The number of nitrogens with one attached hydrogen (secondary N) is 2. The topological polar surface area (TPSA) is 66.0 Å². The van der Waals surface area contributed by atoms with Gasteiger partial charge in [0.2, 0.25) is 5.91 Å². The van der Waals surface area contributed by atoms with Gasteiger partial charge in [0.05, 0.1) is 6.54 Å². The fraction of sp³-hybridized carbons (Fsp3) is 0.619. The van der Waals surface area contributed by atoms with Crippen LogP contribution < -0.4 is 15.4 Å². The maximum atomic E-state index is 11.7. The number of amides is 1. The molecule has 27 heavy (non-hydrogen) atoms. The third-order valence-electron chi connectivity index (χ3n) is 5.35. The number of hydrogen-bond acceptors (Lipinski definition) is 3. The van der Waals surface area contributed by atoms with E-state index in [9.17, 15) is 4.79 Å². The molecule has 1 aromatic rings. The summed E-state index contributed by atoms with van der Waals surface area (Å²) in [6, 6.07) is 8.11. The molecule has 2 aliphatic rings. The molecule has 1 aromatic carbocycles. The Hall–Kier alpha value is -2.24. The van der Waals surface area contributed by atoms with Crippen molar-refractivity contribution in [3.63, 3.8) is 0 Å². The minimum atomic E-state index is -0.00478. The molecule has 0 radical (unpaired) electrons. The Labute approximate surface area is 162 Å². The molecular formula is C21H32N4O2. The first-order valence-corrected chi connectivity index (χ1v) is 10.0. The molecule has 6 nitrogen and oxygen atoms in total. The quantitative estimate of drug-likeness (QED) is 0.615. The van der Waals surface area contributed by atoms with Crippen LogP contribution in [0.1, 0.15) is 38.7 Å². The van der Waals surface area contributed by atoms with E-state index in [1.165, 1.54) is 5.56 Å². The molecule has 2 aliphatic heterocycles. The van der Waals surface area contributed by atoms with Gasteiger partial charge in [-0.05, 0) is 45.7 Å². The van der Waals surface area contributed by atoms with E-state index >= 15 is 0 Å². The van der Waals surface area contributed by atoms with Gasteiger partial charge in [0, 0.05) is 38.0 Å². The van der Waals surface area contributed by atoms with Gasteiger partial charge in [0.25, 0.3) is 0 Å². The van der Waals surface area contributed by atoms with Gasteiger partial charge in [-0.2, -0.15) is 0 Å². The average molecular weight is 373 g/mol. The summed E-state index contributed by atoms with van der Waals surface area (Å²) in [6.07, 6.45) is 2.83. The first kappa shape index (κ1) is 19.5. The molecule has 3 rings (SSSR count). The Morgan fingerprint density at radius 2 is 2.19 bits per heavy atom. The standard InChI is InChI=1S/C21H32N4O2/c1-4-22-20(23-13-17(3)27-18-8-6-16(2)7-9-18)25-11-5-10-21(15-25)12-19(26)24-14-21/h6-9,17H,4-5,10-15H2,1-3H3,(H,22,23)(H,24,26). The van der Waals surface area contributed by atoms with E-state index < -0.39 is 0 Å². The van der Waals surface area contributed by atoms with Crippen LogP contribution in [0.25, 0.3) is 0 Å². The Kier molecular flexibility index (Phi) is 6.24. The molecule has 2 unspecified atom stereocenters. The third kappa shape index (κ3) is 5.15. The van der Waals surface area contributed by atoms with Gasteiger partial charge in [-0.3, -0.25) is 4.79 Å². The monoisotopic (exact) mass is 372 g/mol. The molecule has 0 bridgehead atoms. The number of guanidine groups is 1. The van der Waals surface area contributed by atoms with Crippen molar-refractivity contribution in [2.24, 2.45) is 10.4 Å². The summed E-state index contributed by atoms with van der Waals surface area (Å²) in [6.45, 7) is 10.3. The second-order valence-electron chi connectivity index (χ2n) is 7.91. The number of carbonyl (C=O) groups excluding carboxylic acids is 1. The fourth-order valence-corrected chi connectivity index (χ4v) is 3.96. The van der Waals surface area contributed by atoms with Gasteiger partial charge < -0.3 is 20.3 Å². The lowest BCUT2D eigenvalue weighted by atomic mass is 9.79. The van der Waals surface area contributed by atoms with Gasteiger partial charge in [-0.25, -0.2) is 4.99 Å². The van der Waals surface area contributed by atoms with Gasteiger partial charge >= 0.3 is 0 Å². The van der Waals surface area contributed by atoms with Crippen LogP contribution in [-0.4, -0.2) is 55.6 Å². The highest BCUT2D eigenvalue weighted by Gasteiger charge is 2.42. The highest BCUT2D eigenvalue weighted by molar-refractivity contribution is 5.81. The van der Waals surface area contributed by atoms with Crippen molar-refractivity contribution in [3.8, 4) is 5.75 Å². The largest absolute Gasteiger partial charge is 0.489 e. The van der Waals surface area contributed by atoms with Gasteiger partial charge in [-0.15, -0.1) is 0 Å². The number of ether oxygens (including phenoxy) is 1. The van der Waals surface area contributed by atoms with E-state index in [1.54, 1.807) is 0 Å². The zero-order valence-electron chi connectivity index (χ0n) is 16.8. The number of rotatable bonds is 5. The van der Waals surface area contributed by atoms with E-state index in [2.05, 4.69) is 41.5 Å². The summed E-state index contributed by atoms with van der Waals surface area (Å²) < 4.78 is 5.98. The van der Waals surface area contributed by atoms with Crippen molar-refractivity contribution < 1.29 is 9.53 Å². The van der Waals surface area contributed by atoms with Crippen LogP contribution in [-0.2, 0) is 4.79 Å². The van der Waals surface area contributed by atoms with Gasteiger partial charge in [0.1, 0.15) is 11.9 Å². The summed E-state index contributed by atoms with van der Waals surface area (Å²) in [5.41, 5.74) is 1.29. The first-order valence-electron chi connectivity index (χ1n) is 10.0. The molecular weight excluding hydrogens is 340 g/mol. The van der Waals surface area contributed by atoms with E-state index in [0.29, 0.717) is 13.0 Å². The number of aliphatic imine (C=N–C) groups is 1. The SMILES string of the molecule is CCNC(=NCC(C)Oc1ccc(C)cc1)N1CCCC2(CNC(=O)C2)C1. The smallest absolute Gasteiger partial charge is 0.220 e. The van der Waals surface area contributed by atoms with Crippen LogP contribution in [0.2, 0.25) is 0 Å². The molecule has 2 atom stereocenters. The molecule has 0 saturated carbocycles. The number of benzene rings is 1. The molecule has 2 N–H and O–H groups in total. The lowest BCUT2D eigenvalue weighted by molar-refractivity contribution is -0.119. The van der Waals surface area contributed by atoms with Crippen LogP contribution in [0.3, 0.4) is 0 Å². The first-order chi connectivity index (χ1) is 13.0. The predicted octanol–water partition coefficient (Wildman–Crippen LogP) is 2.33. The second-order valence-corrected chi connectivity index (χ2v) is 7.91. The molecule has 148 valence electrons. The van der Waals surface area contributed by atoms with Crippen LogP contribution in [0, 0.1) is 12.3 Å². The summed E-state index contributed by atoms with van der Waals surface area (Å²) in [5.74, 6) is 1.98. The van der Waals surface area contributed by atoms with Crippen LogP contribution >= 0.6 is 0 Å². The van der Waals surface area contributed by atoms with E-state index in [4.69, 9.17) is 9.73 Å². The number of hydrogen-bond donors (Lipinski definition) is 2. The zero-order valence-corrected chi connectivity index (χ0v) is 16.8. The molecule has 1 amide bonds.